The van der Waals surface area contributed by atoms with Crippen LogP contribution in [-0.2, 0) is 4.74 Å². The molecule has 0 heterocycles. The third kappa shape index (κ3) is 5.98. The lowest BCUT2D eigenvalue weighted by Gasteiger charge is -2.05. The highest BCUT2D eigenvalue weighted by Gasteiger charge is 2.12. The molecule has 0 radical (unpaired) electrons. The highest BCUT2D eigenvalue weighted by molar-refractivity contribution is 6.31. The van der Waals surface area contributed by atoms with E-state index in [2.05, 4.69) is 9.84 Å². The van der Waals surface area contributed by atoms with E-state index in [1.165, 1.54) is 6.92 Å². The van der Waals surface area contributed by atoms with Crippen molar-refractivity contribution < 1.29 is 9.53 Å². The summed E-state index contributed by atoms with van der Waals surface area (Å²) in [5.74, 6) is 4.80. The number of nitrogen functional groups attached to an aromatic ring is 1. The van der Waals surface area contributed by atoms with Gasteiger partial charge in [0.25, 0.3) is 6.02 Å². The molecule has 7 nitrogen and oxygen atoms in total. The van der Waals surface area contributed by atoms with Crippen LogP contribution in [0.2, 0.25) is 5.02 Å². The molecule has 0 bridgehead atoms. The van der Waals surface area contributed by atoms with Crippen LogP contribution in [0.1, 0.15) is 22.8 Å². The lowest BCUT2D eigenvalue weighted by atomic mass is 10.0. The van der Waals surface area contributed by atoms with E-state index in [1.807, 2.05) is 18.2 Å². The number of anilines is 1. The first-order valence-electron chi connectivity index (χ1n) is 6.76. The summed E-state index contributed by atoms with van der Waals surface area (Å²) in [5.41, 5.74) is 12.0. The second-order valence-corrected chi connectivity index (χ2v) is 4.98. The molecule has 24 heavy (non-hydrogen) atoms. The number of hydrogen-bond acceptors (Lipinski definition) is 6. The van der Waals surface area contributed by atoms with Gasteiger partial charge < -0.3 is 22.0 Å². The highest BCUT2D eigenvalue weighted by Crippen LogP contribution is 2.20. The molecule has 0 spiro atoms. The Morgan fingerprint density at radius 3 is 2.33 bits per heavy atom. The molecule has 7 N–H and O–H groups in total. The average Bonchev–Trinajstić information content (AvgIpc) is 2.57. The number of halogens is 1. The Balaban J connectivity index is 0.000000307. The van der Waals surface area contributed by atoms with Crippen LogP contribution in [0.15, 0.2) is 53.6 Å². The van der Waals surface area contributed by atoms with Gasteiger partial charge in [0.2, 0.25) is 5.90 Å². The van der Waals surface area contributed by atoms with Crippen molar-refractivity contribution in [2.75, 3.05) is 5.73 Å². The van der Waals surface area contributed by atoms with Crippen molar-refractivity contribution in [3.8, 4) is 0 Å². The normalized spacial score (nSPS) is 10.3. The predicted octanol–water partition coefficient (Wildman–Crippen LogP) is 2.34. The van der Waals surface area contributed by atoms with Crippen LogP contribution >= 0.6 is 11.6 Å². The second-order valence-electron chi connectivity index (χ2n) is 4.54. The van der Waals surface area contributed by atoms with Crippen molar-refractivity contribution in [3.63, 3.8) is 0 Å². The standard InChI is InChI=1S/C13H10ClNO.C3H8N4O/c14-10-6-7-12(15)11(8-10)13(16)9-4-2-1-3-5-9;1-2(7-6)8-3(4)5/h1-8H,15H2;6H2,1H3,(H3,4,5). The Morgan fingerprint density at radius 1 is 1.21 bits per heavy atom. The van der Waals surface area contributed by atoms with E-state index in [0.29, 0.717) is 21.8 Å². The van der Waals surface area contributed by atoms with Crippen LogP contribution in [-0.4, -0.2) is 17.7 Å². The second kappa shape index (κ2) is 9.16. The van der Waals surface area contributed by atoms with Gasteiger partial charge in [-0.15, -0.1) is 5.10 Å². The number of amidine groups is 1. The van der Waals surface area contributed by atoms with Gasteiger partial charge in [-0.05, 0) is 18.2 Å². The average molecular weight is 348 g/mol. The molecule has 0 saturated heterocycles. The Labute approximate surface area is 144 Å². The molecule has 0 aliphatic carbocycles. The molecule has 0 aliphatic rings. The van der Waals surface area contributed by atoms with Gasteiger partial charge in [0.1, 0.15) is 0 Å². The summed E-state index contributed by atoms with van der Waals surface area (Å²) >= 11 is 5.84. The number of nitrogens with zero attached hydrogens (tertiary/aromatic N) is 1. The fourth-order valence-electron chi connectivity index (χ4n) is 1.66. The molecule has 2 rings (SSSR count). The number of nitrogens with one attached hydrogen (secondary N) is 1. The first-order valence-corrected chi connectivity index (χ1v) is 7.14. The highest BCUT2D eigenvalue weighted by atomic mass is 35.5. The fraction of sp³-hybridized carbons (Fsp3) is 0.0625. The summed E-state index contributed by atoms with van der Waals surface area (Å²) in [6.07, 6.45) is 0. The quantitative estimate of drug-likeness (QED) is 0.165. The van der Waals surface area contributed by atoms with Crippen LogP contribution in [0.25, 0.3) is 0 Å². The zero-order valence-electron chi connectivity index (χ0n) is 13.0. The number of ketones is 1. The molecule has 0 saturated carbocycles. The van der Waals surface area contributed by atoms with Gasteiger partial charge in [-0.3, -0.25) is 10.2 Å². The van der Waals surface area contributed by atoms with Crippen molar-refractivity contribution in [1.82, 2.24) is 0 Å². The molecular formula is C16H18ClN5O2. The van der Waals surface area contributed by atoms with Crippen LogP contribution in [0.5, 0.6) is 0 Å². The number of hydrogen-bond donors (Lipinski definition) is 4. The number of carbonyl (C=O) groups is 1. The SMILES string of the molecule is CC(=NN)OC(=N)N.Nc1ccc(Cl)cc1C(=O)c1ccccc1. The molecular weight excluding hydrogens is 330 g/mol. The first-order chi connectivity index (χ1) is 11.3. The minimum atomic E-state index is -0.406. The number of ether oxygens (including phenoxy) is 1. The topological polar surface area (TPSA) is 141 Å². The molecule has 2 aromatic rings. The van der Waals surface area contributed by atoms with Gasteiger partial charge in [-0.25, -0.2) is 0 Å². The van der Waals surface area contributed by atoms with Crippen LogP contribution in [0.4, 0.5) is 5.69 Å². The Hall–Kier alpha value is -3.06. The molecule has 126 valence electrons. The summed E-state index contributed by atoms with van der Waals surface area (Å²) in [4.78, 5) is 12.1. The summed E-state index contributed by atoms with van der Waals surface area (Å²) in [6, 6.07) is 13.5. The van der Waals surface area contributed by atoms with E-state index in [1.54, 1.807) is 30.3 Å². The molecule has 0 unspecified atom stereocenters. The van der Waals surface area contributed by atoms with Gasteiger partial charge in [-0.2, -0.15) is 0 Å². The van der Waals surface area contributed by atoms with E-state index in [-0.39, 0.29) is 11.7 Å². The van der Waals surface area contributed by atoms with E-state index in [0.717, 1.165) is 0 Å². The van der Waals surface area contributed by atoms with Gasteiger partial charge in [0.15, 0.2) is 5.78 Å². The molecule has 8 heteroatoms. The maximum absolute atomic E-state index is 12.1. The number of carbonyl (C=O) groups excluding carboxylic acids is 1. The summed E-state index contributed by atoms with van der Waals surface area (Å²) in [7, 11) is 0. The van der Waals surface area contributed by atoms with E-state index < -0.39 is 6.02 Å². The Kier molecular flexibility index (Phi) is 7.25. The number of benzene rings is 2. The van der Waals surface area contributed by atoms with Gasteiger partial charge >= 0.3 is 0 Å². The van der Waals surface area contributed by atoms with Crippen molar-refractivity contribution in [3.05, 3.63) is 64.7 Å². The maximum atomic E-state index is 12.1. The molecule has 0 atom stereocenters. The van der Waals surface area contributed by atoms with Crippen molar-refractivity contribution >= 4 is 35.0 Å². The molecule has 0 aliphatic heterocycles. The van der Waals surface area contributed by atoms with Crippen LogP contribution in [0.3, 0.4) is 0 Å². The zero-order chi connectivity index (χ0) is 18.1. The van der Waals surface area contributed by atoms with E-state index >= 15 is 0 Å². The van der Waals surface area contributed by atoms with Gasteiger partial charge in [0.05, 0.1) is 0 Å². The van der Waals surface area contributed by atoms with Crippen molar-refractivity contribution in [2.24, 2.45) is 16.7 Å². The molecule has 2 aromatic carbocycles. The summed E-state index contributed by atoms with van der Waals surface area (Å²) in [5, 5.41) is 10.2. The lowest BCUT2D eigenvalue weighted by Crippen LogP contribution is -2.18. The molecule has 0 aromatic heterocycles. The van der Waals surface area contributed by atoms with E-state index in [9.17, 15) is 4.79 Å². The largest absolute Gasteiger partial charge is 0.410 e. The van der Waals surface area contributed by atoms with Crippen molar-refractivity contribution in [2.45, 2.75) is 6.92 Å². The van der Waals surface area contributed by atoms with Crippen LogP contribution in [0, 0.1) is 5.41 Å². The molecule has 0 fully saturated rings. The zero-order valence-corrected chi connectivity index (χ0v) is 13.7. The van der Waals surface area contributed by atoms with Gasteiger partial charge in [-0.1, -0.05) is 41.9 Å². The first kappa shape index (κ1) is 19.0. The third-order valence-corrected chi connectivity index (χ3v) is 2.97. The third-order valence-electron chi connectivity index (χ3n) is 2.74. The monoisotopic (exact) mass is 347 g/mol. The number of rotatable bonds is 2. The Bertz CT molecular complexity index is 747. The Morgan fingerprint density at radius 2 is 1.83 bits per heavy atom. The maximum Gasteiger partial charge on any atom is 0.285 e. The lowest BCUT2D eigenvalue weighted by molar-refractivity contribution is 0.103. The minimum absolute atomic E-state index is 0.111. The number of hydrazone groups is 1. The van der Waals surface area contributed by atoms with Crippen LogP contribution < -0.4 is 17.3 Å². The molecule has 0 amide bonds. The minimum Gasteiger partial charge on any atom is -0.410 e. The predicted molar refractivity (Wildman–Crippen MR) is 96.0 cm³/mol. The van der Waals surface area contributed by atoms with Crippen molar-refractivity contribution in [1.29, 1.82) is 5.41 Å². The van der Waals surface area contributed by atoms with E-state index in [4.69, 9.17) is 34.3 Å². The summed E-state index contributed by atoms with van der Waals surface area (Å²) in [6.45, 7) is 1.50. The van der Waals surface area contributed by atoms with Gasteiger partial charge in [0, 0.05) is 28.8 Å². The smallest absolute Gasteiger partial charge is 0.285 e. The fourth-order valence-corrected chi connectivity index (χ4v) is 1.83. The number of nitrogens with two attached hydrogens (primary N) is 3. The summed E-state index contributed by atoms with van der Waals surface area (Å²) < 4.78 is 4.39.